The Bertz CT molecular complexity index is 544. The van der Waals surface area contributed by atoms with E-state index in [4.69, 9.17) is 13.9 Å². The summed E-state index contributed by atoms with van der Waals surface area (Å²) in [4.78, 5) is 4.31. The van der Waals surface area contributed by atoms with Crippen molar-refractivity contribution in [2.24, 2.45) is 0 Å². The van der Waals surface area contributed by atoms with Gasteiger partial charge in [-0.3, -0.25) is 0 Å². The molecule has 1 aromatic carbocycles. The average molecular weight is 276 g/mol. The van der Waals surface area contributed by atoms with E-state index in [2.05, 4.69) is 10.3 Å². The molecule has 0 fully saturated rings. The molecule has 1 aromatic heterocycles. The van der Waals surface area contributed by atoms with E-state index >= 15 is 0 Å². The third-order valence-corrected chi connectivity index (χ3v) is 3.04. The number of ether oxygens (including phenoxy) is 2. The van der Waals surface area contributed by atoms with Crippen LogP contribution in [0.4, 0.5) is 0 Å². The fourth-order valence-corrected chi connectivity index (χ4v) is 1.96. The van der Waals surface area contributed by atoms with Gasteiger partial charge in [0.1, 0.15) is 11.5 Å². The Kier molecular flexibility index (Phi) is 4.63. The summed E-state index contributed by atoms with van der Waals surface area (Å²) in [6.45, 7) is 4.93. The minimum absolute atomic E-state index is 0.0845. The number of aromatic nitrogens is 1. The van der Waals surface area contributed by atoms with E-state index in [9.17, 15) is 0 Å². The standard InChI is InChI=1S/C15H20N2O3/c1-5-16-10(2)15-17-9-14(20-15)11-6-12(18-3)8-13(7-11)19-4/h6-10,16H,5H2,1-4H3. The zero-order valence-corrected chi connectivity index (χ0v) is 12.3. The molecule has 1 heterocycles. The van der Waals surface area contributed by atoms with Crippen molar-refractivity contribution in [3.63, 3.8) is 0 Å². The van der Waals surface area contributed by atoms with Gasteiger partial charge in [0.15, 0.2) is 5.76 Å². The lowest BCUT2D eigenvalue weighted by Gasteiger charge is -2.08. The van der Waals surface area contributed by atoms with E-state index in [0.29, 0.717) is 11.7 Å². The second-order valence-electron chi connectivity index (χ2n) is 4.44. The molecule has 108 valence electrons. The van der Waals surface area contributed by atoms with E-state index in [1.165, 1.54) is 0 Å². The maximum atomic E-state index is 5.80. The van der Waals surface area contributed by atoms with Crippen molar-refractivity contribution in [1.29, 1.82) is 0 Å². The second-order valence-corrected chi connectivity index (χ2v) is 4.44. The van der Waals surface area contributed by atoms with Gasteiger partial charge in [-0.15, -0.1) is 0 Å². The Morgan fingerprint density at radius 2 is 1.85 bits per heavy atom. The number of oxazole rings is 1. The Morgan fingerprint density at radius 1 is 1.20 bits per heavy atom. The number of nitrogens with zero attached hydrogens (tertiary/aromatic N) is 1. The quantitative estimate of drug-likeness (QED) is 0.879. The van der Waals surface area contributed by atoms with Crippen LogP contribution >= 0.6 is 0 Å². The molecule has 1 N–H and O–H groups in total. The highest BCUT2D eigenvalue weighted by Gasteiger charge is 2.13. The van der Waals surface area contributed by atoms with Crippen LogP contribution in [-0.4, -0.2) is 25.7 Å². The fourth-order valence-electron chi connectivity index (χ4n) is 1.96. The first-order valence-electron chi connectivity index (χ1n) is 6.60. The molecule has 5 heteroatoms. The van der Waals surface area contributed by atoms with Crippen molar-refractivity contribution in [2.75, 3.05) is 20.8 Å². The third kappa shape index (κ3) is 3.11. The van der Waals surface area contributed by atoms with Crippen LogP contribution < -0.4 is 14.8 Å². The van der Waals surface area contributed by atoms with Crippen molar-refractivity contribution in [3.05, 3.63) is 30.3 Å². The largest absolute Gasteiger partial charge is 0.497 e. The monoisotopic (exact) mass is 276 g/mol. The highest BCUT2D eigenvalue weighted by molar-refractivity contribution is 5.62. The van der Waals surface area contributed by atoms with Gasteiger partial charge in [0.2, 0.25) is 5.89 Å². The van der Waals surface area contributed by atoms with Gasteiger partial charge in [0.05, 0.1) is 26.5 Å². The van der Waals surface area contributed by atoms with E-state index in [-0.39, 0.29) is 6.04 Å². The van der Waals surface area contributed by atoms with Crippen LogP contribution in [0.2, 0.25) is 0 Å². The molecule has 0 aliphatic carbocycles. The third-order valence-electron chi connectivity index (χ3n) is 3.04. The van der Waals surface area contributed by atoms with Crippen LogP contribution in [0.5, 0.6) is 11.5 Å². The summed E-state index contributed by atoms with van der Waals surface area (Å²) in [5.74, 6) is 2.81. The lowest BCUT2D eigenvalue weighted by molar-refractivity contribution is 0.393. The van der Waals surface area contributed by atoms with Crippen LogP contribution in [0.25, 0.3) is 11.3 Å². The topological polar surface area (TPSA) is 56.5 Å². The van der Waals surface area contributed by atoms with Crippen molar-refractivity contribution < 1.29 is 13.9 Å². The lowest BCUT2D eigenvalue weighted by atomic mass is 10.1. The number of hydrogen-bond donors (Lipinski definition) is 1. The van der Waals surface area contributed by atoms with Gasteiger partial charge in [0, 0.05) is 11.6 Å². The second kappa shape index (κ2) is 6.43. The Labute approximate surface area is 118 Å². The molecule has 0 aliphatic heterocycles. The number of hydrogen-bond acceptors (Lipinski definition) is 5. The van der Waals surface area contributed by atoms with Crippen LogP contribution in [0.15, 0.2) is 28.8 Å². The molecular weight excluding hydrogens is 256 g/mol. The molecule has 0 amide bonds. The predicted molar refractivity (Wildman–Crippen MR) is 77.1 cm³/mol. The molecule has 20 heavy (non-hydrogen) atoms. The van der Waals surface area contributed by atoms with E-state index in [1.54, 1.807) is 20.4 Å². The number of nitrogens with one attached hydrogen (secondary N) is 1. The molecule has 2 aromatic rings. The molecule has 1 unspecified atom stereocenters. The van der Waals surface area contributed by atoms with Crippen LogP contribution in [0.1, 0.15) is 25.8 Å². The smallest absolute Gasteiger partial charge is 0.211 e. The SMILES string of the molecule is CCNC(C)c1ncc(-c2cc(OC)cc(OC)c2)o1. The normalized spacial score (nSPS) is 12.2. The average Bonchev–Trinajstić information content (AvgIpc) is 2.97. The summed E-state index contributed by atoms with van der Waals surface area (Å²) in [5, 5.41) is 3.27. The van der Waals surface area contributed by atoms with Crippen molar-refractivity contribution in [2.45, 2.75) is 19.9 Å². The molecule has 0 spiro atoms. The zero-order valence-electron chi connectivity index (χ0n) is 12.3. The molecule has 0 bridgehead atoms. The van der Waals surface area contributed by atoms with E-state index < -0.39 is 0 Å². The molecule has 1 atom stereocenters. The van der Waals surface area contributed by atoms with Gasteiger partial charge in [0.25, 0.3) is 0 Å². The molecule has 0 saturated carbocycles. The first-order chi connectivity index (χ1) is 9.67. The van der Waals surface area contributed by atoms with Crippen LogP contribution in [0, 0.1) is 0 Å². The summed E-state index contributed by atoms with van der Waals surface area (Å²) in [6.07, 6.45) is 1.72. The first kappa shape index (κ1) is 14.4. The Hall–Kier alpha value is -2.01. The van der Waals surface area contributed by atoms with Crippen molar-refractivity contribution in [1.82, 2.24) is 10.3 Å². The molecule has 0 radical (unpaired) electrons. The molecule has 0 aliphatic rings. The summed E-state index contributed by atoms with van der Waals surface area (Å²) < 4.78 is 16.3. The maximum Gasteiger partial charge on any atom is 0.211 e. The van der Waals surface area contributed by atoms with Gasteiger partial charge < -0.3 is 19.2 Å². The van der Waals surface area contributed by atoms with Crippen LogP contribution in [0.3, 0.4) is 0 Å². The summed E-state index contributed by atoms with van der Waals surface area (Å²) in [6, 6.07) is 5.69. The molecule has 5 nitrogen and oxygen atoms in total. The van der Waals surface area contributed by atoms with Gasteiger partial charge in [-0.05, 0) is 25.6 Å². The minimum Gasteiger partial charge on any atom is -0.497 e. The van der Waals surface area contributed by atoms with Gasteiger partial charge in [-0.2, -0.15) is 0 Å². The van der Waals surface area contributed by atoms with Gasteiger partial charge in [-0.25, -0.2) is 4.98 Å². The lowest BCUT2D eigenvalue weighted by Crippen LogP contribution is -2.17. The Balaban J connectivity index is 2.31. The first-order valence-corrected chi connectivity index (χ1v) is 6.60. The van der Waals surface area contributed by atoms with Crippen molar-refractivity contribution >= 4 is 0 Å². The summed E-state index contributed by atoms with van der Waals surface area (Å²) >= 11 is 0. The van der Waals surface area contributed by atoms with Crippen molar-refractivity contribution in [3.8, 4) is 22.8 Å². The fraction of sp³-hybridized carbons (Fsp3) is 0.400. The number of rotatable bonds is 6. The molecular formula is C15H20N2O3. The molecule has 0 saturated heterocycles. The maximum absolute atomic E-state index is 5.80. The van der Waals surface area contributed by atoms with Crippen LogP contribution in [-0.2, 0) is 0 Å². The predicted octanol–water partition coefficient (Wildman–Crippen LogP) is 3.03. The van der Waals surface area contributed by atoms with Gasteiger partial charge in [-0.1, -0.05) is 6.92 Å². The number of benzene rings is 1. The van der Waals surface area contributed by atoms with E-state index in [1.807, 2.05) is 32.0 Å². The highest BCUT2D eigenvalue weighted by Crippen LogP contribution is 2.30. The van der Waals surface area contributed by atoms with Gasteiger partial charge >= 0.3 is 0 Å². The number of methoxy groups -OCH3 is 2. The summed E-state index contributed by atoms with van der Waals surface area (Å²) in [7, 11) is 3.25. The zero-order chi connectivity index (χ0) is 14.5. The van der Waals surface area contributed by atoms with E-state index in [0.717, 1.165) is 23.6 Å². The minimum atomic E-state index is 0.0845. The highest BCUT2D eigenvalue weighted by atomic mass is 16.5. The summed E-state index contributed by atoms with van der Waals surface area (Å²) in [5.41, 5.74) is 0.878. The Morgan fingerprint density at radius 3 is 2.40 bits per heavy atom. The molecule has 2 rings (SSSR count).